The van der Waals surface area contributed by atoms with Crippen LogP contribution in [-0.2, 0) is 14.3 Å². The highest BCUT2D eigenvalue weighted by Gasteiger charge is 2.36. The Bertz CT molecular complexity index is 347. The fraction of sp³-hybridized carbons (Fsp3) is 0.846. The Hall–Kier alpha value is -1.14. The van der Waals surface area contributed by atoms with E-state index in [-0.39, 0.29) is 24.2 Å². The van der Waals surface area contributed by atoms with Crippen LogP contribution in [0, 0.1) is 0 Å². The summed E-state index contributed by atoms with van der Waals surface area (Å²) in [6.45, 7) is 1.02. The number of carboxylic acids is 1. The summed E-state index contributed by atoms with van der Waals surface area (Å²) in [5.41, 5.74) is 5.81. The van der Waals surface area contributed by atoms with Crippen molar-refractivity contribution in [3.63, 3.8) is 0 Å². The summed E-state index contributed by atoms with van der Waals surface area (Å²) in [5.74, 6) is -0.826. The van der Waals surface area contributed by atoms with Gasteiger partial charge >= 0.3 is 5.97 Å². The molecule has 2 rings (SSSR count). The number of nitrogens with two attached hydrogens (primary N) is 1. The number of hydrogen-bond acceptors (Lipinski definition) is 4. The fourth-order valence-corrected chi connectivity index (χ4v) is 2.68. The minimum atomic E-state index is -0.950. The van der Waals surface area contributed by atoms with Crippen LogP contribution >= 0.6 is 0 Å². The summed E-state index contributed by atoms with van der Waals surface area (Å²) >= 11 is 0. The molecule has 0 spiro atoms. The van der Waals surface area contributed by atoms with Crippen LogP contribution in [0.25, 0.3) is 0 Å². The second-order valence-electron chi connectivity index (χ2n) is 5.68. The monoisotopic (exact) mass is 270 g/mol. The van der Waals surface area contributed by atoms with E-state index >= 15 is 0 Å². The van der Waals surface area contributed by atoms with Gasteiger partial charge in [0.05, 0.1) is 6.10 Å². The van der Waals surface area contributed by atoms with Crippen LogP contribution in [0.1, 0.15) is 38.5 Å². The maximum absolute atomic E-state index is 12.1. The summed E-state index contributed by atoms with van der Waals surface area (Å²) in [7, 11) is 0. The first-order valence-electron chi connectivity index (χ1n) is 6.89. The maximum Gasteiger partial charge on any atom is 0.329 e. The zero-order chi connectivity index (χ0) is 13.9. The number of aliphatic carboxylic acids is 1. The molecule has 1 amide bonds. The zero-order valence-corrected chi connectivity index (χ0v) is 11.1. The van der Waals surface area contributed by atoms with Gasteiger partial charge in [0.15, 0.2) is 0 Å². The Morgan fingerprint density at radius 1 is 1.32 bits per heavy atom. The highest BCUT2D eigenvalue weighted by atomic mass is 16.5. The normalized spacial score (nSPS) is 22.9. The number of ether oxygens (including phenoxy) is 1. The van der Waals surface area contributed by atoms with E-state index in [1.165, 1.54) is 0 Å². The molecule has 1 heterocycles. The van der Waals surface area contributed by atoms with Crippen LogP contribution in [0.5, 0.6) is 0 Å². The standard InChI is InChI=1S/C13H22N2O4/c14-13(4-1-5-13)8-11(16)15-6-2-10(3-7-15)19-9-12(17)18/h10H,1-9,14H2,(H,17,18). The Morgan fingerprint density at radius 3 is 2.42 bits per heavy atom. The zero-order valence-electron chi connectivity index (χ0n) is 11.1. The van der Waals surface area contributed by atoms with Gasteiger partial charge in [-0.25, -0.2) is 4.79 Å². The van der Waals surface area contributed by atoms with Crippen LogP contribution in [-0.4, -0.2) is 53.2 Å². The fourth-order valence-electron chi connectivity index (χ4n) is 2.68. The van der Waals surface area contributed by atoms with Gasteiger partial charge in [-0.2, -0.15) is 0 Å². The van der Waals surface area contributed by atoms with Gasteiger partial charge in [0.25, 0.3) is 0 Å². The predicted octanol–water partition coefficient (Wildman–Crippen LogP) is 0.350. The molecule has 0 bridgehead atoms. The summed E-state index contributed by atoms with van der Waals surface area (Å²) in [6.07, 6.45) is 4.81. The number of likely N-dealkylation sites (tertiary alicyclic amines) is 1. The van der Waals surface area contributed by atoms with E-state index < -0.39 is 5.97 Å². The lowest BCUT2D eigenvalue weighted by atomic mass is 9.75. The third-order valence-electron chi connectivity index (χ3n) is 4.09. The molecule has 0 aromatic carbocycles. The van der Waals surface area contributed by atoms with Crippen LogP contribution in [0.4, 0.5) is 0 Å². The SMILES string of the molecule is NC1(CC(=O)N2CCC(OCC(=O)O)CC2)CCC1. The molecule has 3 N–H and O–H groups in total. The van der Waals surface area contributed by atoms with Crippen LogP contribution in [0.15, 0.2) is 0 Å². The van der Waals surface area contributed by atoms with E-state index in [4.69, 9.17) is 15.6 Å². The number of hydrogen-bond donors (Lipinski definition) is 2. The molecule has 0 atom stereocenters. The third-order valence-corrected chi connectivity index (χ3v) is 4.09. The number of nitrogens with zero attached hydrogens (tertiary/aromatic N) is 1. The number of carbonyl (C=O) groups is 2. The highest BCUT2D eigenvalue weighted by molar-refractivity contribution is 5.77. The molecule has 1 aliphatic heterocycles. The number of amides is 1. The van der Waals surface area contributed by atoms with Crippen molar-refractivity contribution in [3.05, 3.63) is 0 Å². The Balaban J connectivity index is 1.70. The lowest BCUT2D eigenvalue weighted by Gasteiger charge is -2.40. The van der Waals surface area contributed by atoms with Crippen molar-refractivity contribution in [3.8, 4) is 0 Å². The Labute approximate surface area is 112 Å². The highest BCUT2D eigenvalue weighted by Crippen LogP contribution is 2.33. The van der Waals surface area contributed by atoms with Crippen LogP contribution in [0.3, 0.4) is 0 Å². The van der Waals surface area contributed by atoms with E-state index in [9.17, 15) is 9.59 Å². The lowest BCUT2D eigenvalue weighted by molar-refractivity contribution is -0.147. The first-order valence-corrected chi connectivity index (χ1v) is 6.89. The molecule has 108 valence electrons. The van der Waals surface area contributed by atoms with Crippen LogP contribution < -0.4 is 5.73 Å². The topological polar surface area (TPSA) is 92.9 Å². The first kappa shape index (κ1) is 14.3. The van der Waals surface area contributed by atoms with Gasteiger partial charge in [-0.3, -0.25) is 4.79 Å². The van der Waals surface area contributed by atoms with Crippen molar-refractivity contribution in [2.75, 3.05) is 19.7 Å². The molecule has 0 aromatic heterocycles. The lowest BCUT2D eigenvalue weighted by Crippen LogP contribution is -2.51. The van der Waals surface area contributed by atoms with Gasteiger partial charge in [0.1, 0.15) is 6.61 Å². The summed E-state index contributed by atoms with van der Waals surface area (Å²) in [4.78, 5) is 24.3. The second kappa shape index (κ2) is 5.88. The molecule has 0 aromatic rings. The van der Waals surface area contributed by atoms with Crippen molar-refractivity contribution < 1.29 is 19.4 Å². The summed E-state index contributed by atoms with van der Waals surface area (Å²) in [6, 6.07) is 0. The summed E-state index contributed by atoms with van der Waals surface area (Å²) < 4.78 is 5.24. The Morgan fingerprint density at radius 2 is 1.95 bits per heavy atom. The van der Waals surface area contributed by atoms with E-state index in [1.807, 2.05) is 4.90 Å². The molecule has 1 aliphatic carbocycles. The Kier molecular flexibility index (Phi) is 4.42. The van der Waals surface area contributed by atoms with Crippen molar-refractivity contribution >= 4 is 11.9 Å². The van der Waals surface area contributed by atoms with Gasteiger partial charge in [-0.15, -0.1) is 0 Å². The van der Waals surface area contributed by atoms with Gasteiger partial charge in [0.2, 0.25) is 5.91 Å². The summed E-state index contributed by atoms with van der Waals surface area (Å²) in [5, 5.41) is 8.54. The molecule has 6 heteroatoms. The maximum atomic E-state index is 12.1. The quantitative estimate of drug-likeness (QED) is 0.752. The minimum Gasteiger partial charge on any atom is -0.480 e. The average Bonchev–Trinajstić information content (AvgIpc) is 2.35. The molecular weight excluding hydrogens is 248 g/mol. The molecule has 19 heavy (non-hydrogen) atoms. The van der Waals surface area contributed by atoms with Crippen molar-refractivity contribution in [2.24, 2.45) is 5.73 Å². The molecule has 1 saturated heterocycles. The van der Waals surface area contributed by atoms with Gasteiger partial charge in [-0.05, 0) is 32.1 Å². The molecule has 2 aliphatic rings. The van der Waals surface area contributed by atoms with Crippen molar-refractivity contribution in [1.82, 2.24) is 4.90 Å². The van der Waals surface area contributed by atoms with Gasteiger partial charge in [-0.1, -0.05) is 0 Å². The van der Waals surface area contributed by atoms with Gasteiger partial charge in [0, 0.05) is 25.0 Å². The van der Waals surface area contributed by atoms with Crippen LogP contribution in [0.2, 0.25) is 0 Å². The molecule has 0 radical (unpaired) electrons. The largest absolute Gasteiger partial charge is 0.480 e. The smallest absolute Gasteiger partial charge is 0.329 e. The molecule has 6 nitrogen and oxygen atoms in total. The molecule has 2 fully saturated rings. The number of carboxylic acid groups (broad SMARTS) is 1. The van der Waals surface area contributed by atoms with E-state index in [1.54, 1.807) is 0 Å². The van der Waals surface area contributed by atoms with E-state index in [2.05, 4.69) is 0 Å². The van der Waals surface area contributed by atoms with E-state index in [0.29, 0.717) is 32.4 Å². The number of rotatable bonds is 5. The second-order valence-corrected chi connectivity index (χ2v) is 5.68. The molecular formula is C13H22N2O4. The predicted molar refractivity (Wildman–Crippen MR) is 68.6 cm³/mol. The van der Waals surface area contributed by atoms with E-state index in [0.717, 1.165) is 19.3 Å². The van der Waals surface area contributed by atoms with Crippen molar-refractivity contribution in [1.29, 1.82) is 0 Å². The van der Waals surface area contributed by atoms with Gasteiger partial charge < -0.3 is 20.5 Å². The number of piperidine rings is 1. The number of carbonyl (C=O) groups excluding carboxylic acids is 1. The third kappa shape index (κ3) is 3.91. The molecule has 1 saturated carbocycles. The molecule has 0 unspecified atom stereocenters. The average molecular weight is 270 g/mol. The van der Waals surface area contributed by atoms with Crippen molar-refractivity contribution in [2.45, 2.75) is 50.2 Å². The first-order chi connectivity index (χ1) is 8.98. The minimum absolute atomic E-state index is 0.0457.